The van der Waals surface area contributed by atoms with Crippen LogP contribution in [0.1, 0.15) is 59.8 Å². The Morgan fingerprint density at radius 2 is 1.31 bits per heavy atom. The summed E-state index contributed by atoms with van der Waals surface area (Å²) in [6.45, 7) is 11.6. The highest BCUT2D eigenvalue weighted by molar-refractivity contribution is 4.55. The number of nitrogens with one attached hydrogen (secondary N) is 1. The summed E-state index contributed by atoms with van der Waals surface area (Å²) in [4.78, 5) is 0. The minimum Gasteiger partial charge on any atom is -0.258 e. The Morgan fingerprint density at radius 1 is 0.812 bits per heavy atom. The van der Waals surface area contributed by atoms with Crippen molar-refractivity contribution in [3.8, 4) is 0 Å². The van der Waals surface area contributed by atoms with Gasteiger partial charge < -0.3 is 0 Å². The van der Waals surface area contributed by atoms with Crippen LogP contribution < -0.4 is 5.43 Å². The Hall–Kier alpha value is -0.0800. The van der Waals surface area contributed by atoms with E-state index in [4.69, 9.17) is 0 Å². The van der Waals surface area contributed by atoms with Crippen molar-refractivity contribution in [2.24, 2.45) is 11.8 Å². The van der Waals surface area contributed by atoms with Crippen molar-refractivity contribution in [3.63, 3.8) is 0 Å². The van der Waals surface area contributed by atoms with Gasteiger partial charge in [-0.25, -0.2) is 5.01 Å². The lowest BCUT2D eigenvalue weighted by molar-refractivity contribution is 0.195. The van der Waals surface area contributed by atoms with Crippen molar-refractivity contribution in [2.75, 3.05) is 20.1 Å². The maximum absolute atomic E-state index is 3.30. The van der Waals surface area contributed by atoms with E-state index in [9.17, 15) is 0 Å². The molecule has 0 fully saturated rings. The molecular weight excluding hydrogens is 196 g/mol. The number of hydrazine groups is 1. The van der Waals surface area contributed by atoms with Gasteiger partial charge in [0.05, 0.1) is 0 Å². The first-order chi connectivity index (χ1) is 7.56. The quantitative estimate of drug-likeness (QED) is 0.453. The van der Waals surface area contributed by atoms with Crippen molar-refractivity contribution >= 4 is 0 Å². The van der Waals surface area contributed by atoms with Crippen LogP contribution in [0, 0.1) is 11.8 Å². The molecule has 0 bridgehead atoms. The highest BCUT2D eigenvalue weighted by atomic mass is 15.5. The number of hydrogen-bond donors (Lipinski definition) is 1. The maximum Gasteiger partial charge on any atom is 0.0130 e. The van der Waals surface area contributed by atoms with Crippen LogP contribution in [-0.2, 0) is 0 Å². The van der Waals surface area contributed by atoms with E-state index in [0.717, 1.165) is 11.8 Å². The lowest BCUT2D eigenvalue weighted by Crippen LogP contribution is -2.36. The van der Waals surface area contributed by atoms with E-state index in [1.807, 2.05) is 7.05 Å². The van der Waals surface area contributed by atoms with Crippen LogP contribution >= 0.6 is 0 Å². The number of rotatable bonds is 10. The molecule has 0 amide bonds. The van der Waals surface area contributed by atoms with E-state index in [2.05, 4.69) is 38.1 Å². The molecule has 0 unspecified atom stereocenters. The summed E-state index contributed by atoms with van der Waals surface area (Å²) in [6.07, 6.45) is 6.69. The zero-order valence-electron chi connectivity index (χ0n) is 12.1. The molecule has 0 saturated carbocycles. The van der Waals surface area contributed by atoms with Crippen LogP contribution in [-0.4, -0.2) is 25.1 Å². The van der Waals surface area contributed by atoms with E-state index in [0.29, 0.717) is 0 Å². The van der Waals surface area contributed by atoms with Gasteiger partial charge in [-0.1, -0.05) is 40.5 Å². The molecule has 2 heteroatoms. The Labute approximate surface area is 103 Å². The van der Waals surface area contributed by atoms with Gasteiger partial charge in [0.15, 0.2) is 0 Å². The van der Waals surface area contributed by atoms with Gasteiger partial charge in [0.1, 0.15) is 0 Å². The average molecular weight is 228 g/mol. The predicted octanol–water partition coefficient (Wildman–Crippen LogP) is 3.69. The molecule has 98 valence electrons. The van der Waals surface area contributed by atoms with Crippen molar-refractivity contribution < 1.29 is 0 Å². The van der Waals surface area contributed by atoms with Gasteiger partial charge in [-0.2, -0.15) is 0 Å². The standard InChI is InChI=1S/C14H32N2/c1-13(2)9-6-7-11-16(15-5)12-8-10-14(3)4/h13-15H,6-12H2,1-5H3. The maximum atomic E-state index is 3.30. The zero-order valence-corrected chi connectivity index (χ0v) is 12.1. The highest BCUT2D eigenvalue weighted by Gasteiger charge is 2.03. The SMILES string of the molecule is CNN(CCCCC(C)C)CCCC(C)C. The van der Waals surface area contributed by atoms with E-state index in [-0.39, 0.29) is 0 Å². The minimum absolute atomic E-state index is 0.833. The van der Waals surface area contributed by atoms with Gasteiger partial charge in [0, 0.05) is 13.1 Å². The molecule has 0 atom stereocenters. The van der Waals surface area contributed by atoms with Gasteiger partial charge in [-0.15, -0.1) is 0 Å². The third kappa shape index (κ3) is 10.4. The second-order valence-corrected chi connectivity index (χ2v) is 5.64. The van der Waals surface area contributed by atoms with Gasteiger partial charge >= 0.3 is 0 Å². The van der Waals surface area contributed by atoms with Crippen molar-refractivity contribution in [2.45, 2.75) is 59.8 Å². The lowest BCUT2D eigenvalue weighted by Gasteiger charge is -2.21. The molecule has 0 aromatic heterocycles. The first kappa shape index (κ1) is 15.9. The Bertz CT molecular complexity index is 144. The summed E-state index contributed by atoms with van der Waals surface area (Å²) in [6, 6.07) is 0. The molecular formula is C14H32N2. The Balaban J connectivity index is 3.44. The van der Waals surface area contributed by atoms with Crippen molar-refractivity contribution in [1.82, 2.24) is 10.4 Å². The molecule has 0 saturated heterocycles. The topological polar surface area (TPSA) is 15.3 Å². The molecule has 0 heterocycles. The van der Waals surface area contributed by atoms with Gasteiger partial charge in [0.2, 0.25) is 0 Å². The fraction of sp³-hybridized carbons (Fsp3) is 1.00. The fourth-order valence-corrected chi connectivity index (χ4v) is 1.88. The van der Waals surface area contributed by atoms with Crippen LogP contribution in [0.2, 0.25) is 0 Å². The lowest BCUT2D eigenvalue weighted by atomic mass is 10.1. The summed E-state index contributed by atoms with van der Waals surface area (Å²) >= 11 is 0. The molecule has 0 spiro atoms. The molecule has 16 heavy (non-hydrogen) atoms. The highest BCUT2D eigenvalue weighted by Crippen LogP contribution is 2.08. The molecule has 0 aliphatic carbocycles. The Kier molecular flexibility index (Phi) is 10.0. The number of unbranched alkanes of at least 4 members (excludes halogenated alkanes) is 1. The molecule has 2 nitrogen and oxygen atoms in total. The van der Waals surface area contributed by atoms with Gasteiger partial charge in [0.25, 0.3) is 0 Å². The van der Waals surface area contributed by atoms with E-state index >= 15 is 0 Å². The van der Waals surface area contributed by atoms with Gasteiger partial charge in [-0.3, -0.25) is 5.43 Å². The summed E-state index contributed by atoms with van der Waals surface area (Å²) in [5, 5.41) is 2.36. The summed E-state index contributed by atoms with van der Waals surface area (Å²) < 4.78 is 0. The third-order valence-corrected chi connectivity index (χ3v) is 2.99. The molecule has 0 aromatic carbocycles. The average Bonchev–Trinajstić information content (AvgIpc) is 2.20. The van der Waals surface area contributed by atoms with Crippen molar-refractivity contribution in [1.29, 1.82) is 0 Å². The fourth-order valence-electron chi connectivity index (χ4n) is 1.88. The van der Waals surface area contributed by atoms with Crippen LogP contribution in [0.4, 0.5) is 0 Å². The summed E-state index contributed by atoms with van der Waals surface area (Å²) in [7, 11) is 2.04. The molecule has 0 aliphatic heterocycles. The predicted molar refractivity (Wildman–Crippen MR) is 73.4 cm³/mol. The minimum atomic E-state index is 0.833. The molecule has 0 radical (unpaired) electrons. The normalized spacial score (nSPS) is 12.0. The monoisotopic (exact) mass is 228 g/mol. The molecule has 1 N–H and O–H groups in total. The second kappa shape index (κ2) is 10.1. The van der Waals surface area contributed by atoms with Gasteiger partial charge in [-0.05, 0) is 38.1 Å². The third-order valence-electron chi connectivity index (χ3n) is 2.99. The van der Waals surface area contributed by atoms with Crippen molar-refractivity contribution in [3.05, 3.63) is 0 Å². The molecule has 0 aromatic rings. The first-order valence-corrected chi connectivity index (χ1v) is 6.98. The van der Waals surface area contributed by atoms with E-state index in [1.165, 1.54) is 45.2 Å². The number of hydrogen-bond acceptors (Lipinski definition) is 2. The largest absolute Gasteiger partial charge is 0.258 e. The summed E-state index contributed by atoms with van der Waals surface area (Å²) in [5.41, 5.74) is 3.30. The summed E-state index contributed by atoms with van der Waals surface area (Å²) in [5.74, 6) is 1.68. The molecule has 0 aliphatic rings. The van der Waals surface area contributed by atoms with Crippen LogP contribution in [0.15, 0.2) is 0 Å². The smallest absolute Gasteiger partial charge is 0.0130 e. The van der Waals surface area contributed by atoms with Crippen LogP contribution in [0.3, 0.4) is 0 Å². The second-order valence-electron chi connectivity index (χ2n) is 5.64. The van der Waals surface area contributed by atoms with Crippen LogP contribution in [0.5, 0.6) is 0 Å². The number of nitrogens with zero attached hydrogens (tertiary/aromatic N) is 1. The van der Waals surface area contributed by atoms with Crippen LogP contribution in [0.25, 0.3) is 0 Å². The zero-order chi connectivity index (χ0) is 12.4. The van der Waals surface area contributed by atoms with E-state index in [1.54, 1.807) is 0 Å². The van der Waals surface area contributed by atoms with E-state index < -0.39 is 0 Å². The first-order valence-electron chi connectivity index (χ1n) is 6.98. The molecule has 0 rings (SSSR count). The Morgan fingerprint density at radius 3 is 1.81 bits per heavy atom.